The summed E-state index contributed by atoms with van der Waals surface area (Å²) < 4.78 is 0. The molecule has 2 N–H and O–H groups in total. The predicted octanol–water partition coefficient (Wildman–Crippen LogP) is 3.40. The molecule has 1 heterocycles. The quantitative estimate of drug-likeness (QED) is 0.760. The minimum absolute atomic E-state index is 0.116. The molecule has 0 aliphatic heterocycles. The Morgan fingerprint density at radius 2 is 1.73 bits per heavy atom. The summed E-state index contributed by atoms with van der Waals surface area (Å²) >= 11 is 0. The van der Waals surface area contributed by atoms with Crippen molar-refractivity contribution in [2.24, 2.45) is 0 Å². The first kappa shape index (κ1) is 14.1. The van der Waals surface area contributed by atoms with Crippen molar-refractivity contribution in [1.29, 1.82) is 0 Å². The highest BCUT2D eigenvalue weighted by atomic mass is 16.1. The summed E-state index contributed by atoms with van der Waals surface area (Å²) in [6.45, 7) is 3.74. The lowest BCUT2D eigenvalue weighted by atomic mass is 10.1. The van der Waals surface area contributed by atoms with E-state index in [0.717, 1.165) is 10.9 Å². The second-order valence-corrected chi connectivity index (χ2v) is 5.40. The predicted molar refractivity (Wildman–Crippen MR) is 88.4 cm³/mol. The van der Waals surface area contributed by atoms with Crippen LogP contribution in [0.4, 0.5) is 5.69 Å². The molecule has 3 aromatic rings. The molecule has 1 amide bonds. The van der Waals surface area contributed by atoms with Crippen LogP contribution in [0.5, 0.6) is 0 Å². The largest absolute Gasteiger partial charge is 0.322 e. The van der Waals surface area contributed by atoms with E-state index in [1.54, 1.807) is 25.1 Å². The molecule has 0 fully saturated rings. The van der Waals surface area contributed by atoms with Gasteiger partial charge in [-0.25, -0.2) is 0 Å². The third-order valence-corrected chi connectivity index (χ3v) is 3.60. The van der Waals surface area contributed by atoms with Gasteiger partial charge in [0.2, 0.25) is 0 Å². The van der Waals surface area contributed by atoms with Crippen LogP contribution in [0.15, 0.2) is 53.3 Å². The van der Waals surface area contributed by atoms with Gasteiger partial charge in [0.1, 0.15) is 0 Å². The van der Waals surface area contributed by atoms with Gasteiger partial charge in [-0.2, -0.15) is 0 Å². The number of carbonyl (C=O) groups excluding carboxylic acids is 1. The van der Waals surface area contributed by atoms with Crippen LogP contribution in [0.1, 0.15) is 21.5 Å². The van der Waals surface area contributed by atoms with Crippen LogP contribution in [0.3, 0.4) is 0 Å². The van der Waals surface area contributed by atoms with Crippen molar-refractivity contribution in [1.82, 2.24) is 4.98 Å². The van der Waals surface area contributed by atoms with Crippen LogP contribution in [0.2, 0.25) is 0 Å². The number of benzene rings is 2. The smallest absolute Gasteiger partial charge is 0.255 e. The molecule has 0 aliphatic carbocycles. The lowest BCUT2D eigenvalue weighted by molar-refractivity contribution is 0.102. The maximum atomic E-state index is 12.2. The molecule has 110 valence electrons. The van der Waals surface area contributed by atoms with Gasteiger partial charge in [-0.15, -0.1) is 0 Å². The van der Waals surface area contributed by atoms with Crippen molar-refractivity contribution in [3.8, 4) is 0 Å². The summed E-state index contributed by atoms with van der Waals surface area (Å²) in [5, 5.41) is 3.78. The maximum Gasteiger partial charge on any atom is 0.255 e. The lowest BCUT2D eigenvalue weighted by Gasteiger charge is -2.07. The van der Waals surface area contributed by atoms with E-state index in [1.165, 1.54) is 0 Å². The molecule has 0 saturated carbocycles. The Balaban J connectivity index is 1.90. The Labute approximate surface area is 127 Å². The third kappa shape index (κ3) is 2.76. The highest BCUT2D eigenvalue weighted by Gasteiger charge is 2.07. The Kier molecular flexibility index (Phi) is 3.51. The average Bonchev–Trinajstić information content (AvgIpc) is 2.49. The van der Waals surface area contributed by atoms with Crippen LogP contribution in [-0.4, -0.2) is 10.9 Å². The van der Waals surface area contributed by atoms with Crippen LogP contribution in [0, 0.1) is 13.8 Å². The number of pyridine rings is 1. The van der Waals surface area contributed by atoms with E-state index in [1.807, 2.05) is 37.3 Å². The van der Waals surface area contributed by atoms with Gasteiger partial charge >= 0.3 is 0 Å². The number of hydrogen-bond acceptors (Lipinski definition) is 2. The molecule has 0 aliphatic rings. The second-order valence-electron chi connectivity index (χ2n) is 5.40. The van der Waals surface area contributed by atoms with Gasteiger partial charge in [-0.1, -0.05) is 23.8 Å². The maximum absolute atomic E-state index is 12.2. The molecule has 22 heavy (non-hydrogen) atoms. The highest BCUT2D eigenvalue weighted by Crippen LogP contribution is 2.17. The number of nitrogens with one attached hydrogen (secondary N) is 2. The first-order valence-electron chi connectivity index (χ1n) is 7.04. The fourth-order valence-corrected chi connectivity index (χ4v) is 2.30. The van der Waals surface area contributed by atoms with Crippen LogP contribution < -0.4 is 10.9 Å². The van der Waals surface area contributed by atoms with E-state index in [9.17, 15) is 9.59 Å². The molecular formula is C18H16N2O2. The summed E-state index contributed by atoms with van der Waals surface area (Å²) in [6.07, 6.45) is 0. The zero-order valence-corrected chi connectivity index (χ0v) is 12.4. The molecule has 0 saturated heterocycles. The third-order valence-electron chi connectivity index (χ3n) is 3.60. The Bertz CT molecular complexity index is 909. The first-order valence-corrected chi connectivity index (χ1v) is 7.04. The SMILES string of the molecule is Cc1ccc(C(=O)Nc2ccc3cc(C)c(=O)[nH]c3c2)cc1. The number of hydrogen-bond donors (Lipinski definition) is 2. The lowest BCUT2D eigenvalue weighted by Crippen LogP contribution is -2.12. The van der Waals surface area contributed by atoms with Crippen LogP contribution in [0.25, 0.3) is 10.9 Å². The molecule has 0 radical (unpaired) electrons. The summed E-state index contributed by atoms with van der Waals surface area (Å²) in [6, 6.07) is 14.7. The first-order chi connectivity index (χ1) is 10.5. The van der Waals surface area contributed by atoms with E-state index in [2.05, 4.69) is 10.3 Å². The fourth-order valence-electron chi connectivity index (χ4n) is 2.30. The molecule has 2 aromatic carbocycles. The van der Waals surface area contributed by atoms with Crippen molar-refractivity contribution in [2.75, 3.05) is 5.32 Å². The summed E-state index contributed by atoms with van der Waals surface area (Å²) in [4.78, 5) is 26.7. The molecule has 0 spiro atoms. The number of aromatic nitrogens is 1. The Morgan fingerprint density at radius 3 is 2.45 bits per heavy atom. The van der Waals surface area contributed by atoms with Gasteiger partial charge in [-0.05, 0) is 49.6 Å². The van der Waals surface area contributed by atoms with Gasteiger partial charge < -0.3 is 10.3 Å². The fraction of sp³-hybridized carbons (Fsp3) is 0.111. The zero-order chi connectivity index (χ0) is 15.7. The number of H-pyrrole nitrogens is 1. The highest BCUT2D eigenvalue weighted by molar-refractivity contribution is 6.05. The van der Waals surface area contributed by atoms with Crippen molar-refractivity contribution in [3.63, 3.8) is 0 Å². The monoisotopic (exact) mass is 292 g/mol. The van der Waals surface area contributed by atoms with Crippen molar-refractivity contribution in [2.45, 2.75) is 13.8 Å². The minimum atomic E-state index is -0.172. The molecule has 4 heteroatoms. The second kappa shape index (κ2) is 5.48. The number of aromatic amines is 1. The number of rotatable bonds is 2. The van der Waals surface area contributed by atoms with Crippen molar-refractivity contribution >= 4 is 22.5 Å². The zero-order valence-electron chi connectivity index (χ0n) is 12.4. The Morgan fingerprint density at radius 1 is 1.00 bits per heavy atom. The number of amides is 1. The molecule has 0 atom stereocenters. The van der Waals surface area contributed by atoms with Crippen molar-refractivity contribution < 1.29 is 4.79 Å². The number of fused-ring (bicyclic) bond motifs is 1. The van der Waals surface area contributed by atoms with Gasteiger partial charge in [0, 0.05) is 16.8 Å². The number of anilines is 1. The molecular weight excluding hydrogens is 276 g/mol. The molecule has 0 bridgehead atoms. The van der Waals surface area contributed by atoms with E-state index in [4.69, 9.17) is 0 Å². The molecule has 0 unspecified atom stereocenters. The van der Waals surface area contributed by atoms with Crippen LogP contribution in [-0.2, 0) is 0 Å². The van der Waals surface area contributed by atoms with Gasteiger partial charge in [0.25, 0.3) is 11.5 Å². The molecule has 3 rings (SSSR count). The van der Waals surface area contributed by atoms with E-state index in [0.29, 0.717) is 22.3 Å². The minimum Gasteiger partial charge on any atom is -0.322 e. The summed E-state index contributed by atoms with van der Waals surface area (Å²) in [5.74, 6) is -0.172. The summed E-state index contributed by atoms with van der Waals surface area (Å²) in [5.41, 5.74) is 3.62. The van der Waals surface area contributed by atoms with E-state index >= 15 is 0 Å². The number of carbonyl (C=O) groups is 1. The topological polar surface area (TPSA) is 62.0 Å². The molecule has 4 nitrogen and oxygen atoms in total. The molecule has 1 aromatic heterocycles. The average molecular weight is 292 g/mol. The van der Waals surface area contributed by atoms with Gasteiger partial charge in [0.05, 0.1) is 5.52 Å². The van der Waals surface area contributed by atoms with Gasteiger partial charge in [0.15, 0.2) is 0 Å². The van der Waals surface area contributed by atoms with E-state index < -0.39 is 0 Å². The van der Waals surface area contributed by atoms with Crippen LogP contribution >= 0.6 is 0 Å². The standard InChI is InChI=1S/C18H16N2O2/c1-11-3-5-13(6-4-11)18(22)19-15-8-7-14-9-12(2)17(21)20-16(14)10-15/h3-10H,1-2H3,(H,19,22)(H,20,21). The number of aryl methyl sites for hydroxylation is 2. The normalized spacial score (nSPS) is 10.6. The Hall–Kier alpha value is -2.88. The van der Waals surface area contributed by atoms with Crippen molar-refractivity contribution in [3.05, 3.63) is 75.6 Å². The van der Waals surface area contributed by atoms with Gasteiger partial charge in [-0.3, -0.25) is 9.59 Å². The summed E-state index contributed by atoms with van der Waals surface area (Å²) in [7, 11) is 0. The van der Waals surface area contributed by atoms with E-state index in [-0.39, 0.29) is 11.5 Å².